The predicted octanol–water partition coefficient (Wildman–Crippen LogP) is 0.940. The third-order valence-electron chi connectivity index (χ3n) is 2.87. The normalized spacial score (nSPS) is 18.8. The second kappa shape index (κ2) is 5.45. The average molecular weight is 336 g/mol. The standard InChI is InChI=1S/C11H16N2O4S3/c1-9-3-4-10(18-9)11(14)13-5-7-20(17,8-6-13)12-19(2,15)16/h3-4H,5-8H2,1-2H3. The van der Waals surface area contributed by atoms with Gasteiger partial charge in [0, 0.05) is 18.0 Å². The van der Waals surface area contributed by atoms with E-state index in [0.717, 1.165) is 11.1 Å². The molecular formula is C11H16N2O4S3. The smallest absolute Gasteiger partial charge is 0.263 e. The van der Waals surface area contributed by atoms with Crippen molar-refractivity contribution in [2.45, 2.75) is 6.92 Å². The molecule has 20 heavy (non-hydrogen) atoms. The minimum Gasteiger partial charge on any atom is -0.336 e. The maximum absolute atomic E-state index is 12.2. The lowest BCUT2D eigenvalue weighted by molar-refractivity contribution is 0.0776. The highest BCUT2D eigenvalue weighted by molar-refractivity contribution is 8.03. The van der Waals surface area contributed by atoms with E-state index in [1.807, 2.05) is 13.0 Å². The molecule has 1 aromatic heterocycles. The van der Waals surface area contributed by atoms with Crippen LogP contribution in [0.4, 0.5) is 0 Å². The SMILES string of the molecule is Cc1ccc(C(=O)N2CCS(=O)(=NS(C)(=O)=O)CC2)s1. The fourth-order valence-corrected chi connectivity index (χ4v) is 6.57. The van der Waals surface area contributed by atoms with Crippen molar-refractivity contribution in [3.05, 3.63) is 21.9 Å². The number of amides is 1. The molecule has 0 N–H and O–H groups in total. The molecule has 112 valence electrons. The predicted molar refractivity (Wildman–Crippen MR) is 80.1 cm³/mol. The Morgan fingerprint density at radius 3 is 2.40 bits per heavy atom. The Balaban J connectivity index is 2.11. The number of rotatable bonds is 2. The number of nitrogens with zero attached hydrogens (tertiary/aromatic N) is 2. The molecule has 2 heterocycles. The zero-order chi connectivity index (χ0) is 15.0. The van der Waals surface area contributed by atoms with Gasteiger partial charge in [-0.1, -0.05) is 0 Å². The van der Waals surface area contributed by atoms with E-state index in [4.69, 9.17) is 0 Å². The number of hydrogen-bond acceptors (Lipinski definition) is 5. The Morgan fingerprint density at radius 1 is 1.35 bits per heavy atom. The van der Waals surface area contributed by atoms with Gasteiger partial charge in [0.25, 0.3) is 15.9 Å². The maximum Gasteiger partial charge on any atom is 0.263 e. The van der Waals surface area contributed by atoms with Gasteiger partial charge in [-0.15, -0.1) is 15.1 Å². The van der Waals surface area contributed by atoms with Crippen LogP contribution in [0.1, 0.15) is 14.5 Å². The third kappa shape index (κ3) is 3.80. The van der Waals surface area contributed by atoms with Crippen LogP contribution in [0.5, 0.6) is 0 Å². The molecule has 0 radical (unpaired) electrons. The third-order valence-corrected chi connectivity index (χ3v) is 7.67. The summed E-state index contributed by atoms with van der Waals surface area (Å²) < 4.78 is 37.9. The number of hydrogen-bond donors (Lipinski definition) is 0. The van der Waals surface area contributed by atoms with E-state index < -0.39 is 19.8 Å². The molecule has 1 aliphatic heterocycles. The molecule has 1 aliphatic rings. The Bertz CT molecular complexity index is 727. The molecule has 0 saturated carbocycles. The maximum atomic E-state index is 12.2. The van der Waals surface area contributed by atoms with Gasteiger partial charge in [-0.3, -0.25) is 4.79 Å². The van der Waals surface area contributed by atoms with Gasteiger partial charge in [-0.25, -0.2) is 12.6 Å². The van der Waals surface area contributed by atoms with E-state index in [1.165, 1.54) is 11.3 Å². The number of thiophene rings is 1. The molecular weight excluding hydrogens is 320 g/mol. The minimum atomic E-state index is -3.62. The van der Waals surface area contributed by atoms with Gasteiger partial charge in [0.15, 0.2) is 0 Å². The quantitative estimate of drug-likeness (QED) is 0.804. The summed E-state index contributed by atoms with van der Waals surface area (Å²) in [7, 11) is -6.37. The lowest BCUT2D eigenvalue weighted by Crippen LogP contribution is -2.43. The summed E-state index contributed by atoms with van der Waals surface area (Å²) in [6.07, 6.45) is 0.936. The number of carbonyl (C=O) groups is 1. The Morgan fingerprint density at radius 2 is 1.95 bits per heavy atom. The highest BCUT2D eigenvalue weighted by Gasteiger charge is 2.26. The number of sulfonamides is 1. The molecule has 0 spiro atoms. The van der Waals surface area contributed by atoms with Gasteiger partial charge in [0.1, 0.15) is 0 Å². The molecule has 9 heteroatoms. The molecule has 1 saturated heterocycles. The lowest BCUT2D eigenvalue weighted by Gasteiger charge is -2.28. The summed E-state index contributed by atoms with van der Waals surface area (Å²) >= 11 is 1.42. The molecule has 0 atom stereocenters. The Hall–Kier alpha value is -0.930. The summed E-state index contributed by atoms with van der Waals surface area (Å²) in [5.41, 5.74) is 0. The average Bonchev–Trinajstić information content (AvgIpc) is 2.73. The van der Waals surface area contributed by atoms with Crippen LogP contribution < -0.4 is 0 Å². The topological polar surface area (TPSA) is 83.9 Å². The second-order valence-corrected chi connectivity index (χ2v) is 10.4. The van der Waals surface area contributed by atoms with Crippen molar-refractivity contribution in [3.8, 4) is 0 Å². The van der Waals surface area contributed by atoms with Crippen LogP contribution in [0, 0.1) is 6.92 Å². The number of aryl methyl sites for hydroxylation is 1. The van der Waals surface area contributed by atoms with E-state index in [9.17, 15) is 17.4 Å². The molecule has 0 bridgehead atoms. The zero-order valence-electron chi connectivity index (χ0n) is 11.2. The summed E-state index contributed by atoms with van der Waals surface area (Å²) in [5.74, 6) is 0.121. The molecule has 1 amide bonds. The highest BCUT2D eigenvalue weighted by atomic mass is 32.3. The first-order valence-electron chi connectivity index (χ1n) is 5.98. The van der Waals surface area contributed by atoms with Crippen molar-refractivity contribution in [2.24, 2.45) is 3.77 Å². The van der Waals surface area contributed by atoms with Crippen molar-refractivity contribution < 1.29 is 17.4 Å². The fourth-order valence-electron chi connectivity index (χ4n) is 1.95. The first kappa shape index (κ1) is 15.5. The van der Waals surface area contributed by atoms with Crippen LogP contribution in [-0.2, 0) is 19.8 Å². The lowest BCUT2D eigenvalue weighted by atomic mass is 10.3. The van der Waals surface area contributed by atoms with Crippen LogP contribution >= 0.6 is 11.3 Å². The Kier molecular flexibility index (Phi) is 4.22. The van der Waals surface area contributed by atoms with Crippen molar-refractivity contribution in [3.63, 3.8) is 0 Å². The molecule has 0 unspecified atom stereocenters. The van der Waals surface area contributed by atoms with Gasteiger partial charge < -0.3 is 4.90 Å². The number of carbonyl (C=O) groups excluding carboxylic acids is 1. The van der Waals surface area contributed by atoms with Crippen LogP contribution in [-0.4, -0.2) is 54.3 Å². The summed E-state index contributed by atoms with van der Waals surface area (Å²) in [6.45, 7) is 2.47. The molecule has 1 fully saturated rings. The van der Waals surface area contributed by atoms with Crippen molar-refractivity contribution >= 4 is 37.0 Å². The van der Waals surface area contributed by atoms with Crippen LogP contribution in [0.25, 0.3) is 0 Å². The van der Waals surface area contributed by atoms with E-state index in [0.29, 0.717) is 4.88 Å². The molecule has 0 aliphatic carbocycles. The van der Waals surface area contributed by atoms with Gasteiger partial charge in [0.05, 0.1) is 32.4 Å². The van der Waals surface area contributed by atoms with Crippen molar-refractivity contribution in [1.29, 1.82) is 0 Å². The van der Waals surface area contributed by atoms with Crippen LogP contribution in [0.2, 0.25) is 0 Å². The monoisotopic (exact) mass is 336 g/mol. The summed E-state index contributed by atoms with van der Waals surface area (Å²) in [4.78, 5) is 15.5. The first-order chi connectivity index (χ1) is 9.19. The largest absolute Gasteiger partial charge is 0.336 e. The zero-order valence-corrected chi connectivity index (χ0v) is 13.7. The van der Waals surface area contributed by atoms with E-state index >= 15 is 0 Å². The summed E-state index contributed by atoms with van der Waals surface area (Å²) in [5, 5.41) is 0. The van der Waals surface area contributed by atoms with Crippen LogP contribution in [0.3, 0.4) is 0 Å². The summed E-state index contributed by atoms with van der Waals surface area (Å²) in [6, 6.07) is 3.65. The van der Waals surface area contributed by atoms with Crippen molar-refractivity contribution in [2.75, 3.05) is 30.9 Å². The minimum absolute atomic E-state index is 0.0936. The van der Waals surface area contributed by atoms with Gasteiger partial charge >= 0.3 is 0 Å². The Labute approximate surface area is 123 Å². The van der Waals surface area contributed by atoms with E-state index in [1.54, 1.807) is 11.0 Å². The molecule has 6 nitrogen and oxygen atoms in total. The molecule has 0 aromatic carbocycles. The van der Waals surface area contributed by atoms with Gasteiger partial charge in [0.2, 0.25) is 0 Å². The van der Waals surface area contributed by atoms with Crippen LogP contribution in [0.15, 0.2) is 15.9 Å². The van der Waals surface area contributed by atoms with Gasteiger partial charge in [-0.2, -0.15) is 0 Å². The van der Waals surface area contributed by atoms with Crippen molar-refractivity contribution in [1.82, 2.24) is 4.90 Å². The van der Waals surface area contributed by atoms with E-state index in [-0.39, 0.29) is 30.5 Å². The fraction of sp³-hybridized carbons (Fsp3) is 0.545. The highest BCUT2D eigenvalue weighted by Crippen LogP contribution is 2.19. The first-order valence-corrected chi connectivity index (χ1v) is 10.5. The second-order valence-electron chi connectivity index (χ2n) is 4.69. The molecule has 1 aromatic rings. The van der Waals surface area contributed by atoms with Gasteiger partial charge in [-0.05, 0) is 19.1 Å². The van der Waals surface area contributed by atoms with E-state index in [2.05, 4.69) is 3.77 Å². The molecule has 2 rings (SSSR count).